The minimum absolute atomic E-state index is 0.357. The maximum absolute atomic E-state index is 9.64. The van der Waals surface area contributed by atoms with Crippen LogP contribution in [0.1, 0.15) is 6.92 Å². The molecule has 80 valence electrons. The molecule has 5 atom stereocenters. The molecule has 1 saturated heterocycles. The summed E-state index contributed by atoms with van der Waals surface area (Å²) in [6.45, 7) is 1.29. The van der Waals surface area contributed by atoms with Crippen molar-refractivity contribution in [2.45, 2.75) is 37.6 Å². The van der Waals surface area contributed by atoms with Gasteiger partial charge in [0, 0.05) is 6.92 Å². The third kappa shape index (κ3) is 1.40. The number of nitrogens with zero attached hydrogens (tertiary/aromatic N) is 1. The molecule has 0 aromatic carbocycles. The summed E-state index contributed by atoms with van der Waals surface area (Å²) in [6, 6.07) is -0.590. The molecule has 6 heteroatoms. The number of aliphatic imine (C=N–C) groups is 1. The van der Waals surface area contributed by atoms with E-state index >= 15 is 0 Å². The normalized spacial score (nSPS) is 46.9. The van der Waals surface area contributed by atoms with Crippen LogP contribution in [0, 0.1) is 0 Å². The van der Waals surface area contributed by atoms with Crippen LogP contribution in [0.4, 0.5) is 0 Å². The van der Waals surface area contributed by atoms with Gasteiger partial charge in [0.25, 0.3) is 0 Å². The summed E-state index contributed by atoms with van der Waals surface area (Å²) in [6.07, 6.45) is -3.68. The Hall–Kier alpha value is -0.690. The van der Waals surface area contributed by atoms with Crippen molar-refractivity contribution in [2.75, 3.05) is 6.61 Å². The number of hydrogen-bond donors (Lipinski definition) is 3. The largest absolute Gasteiger partial charge is 0.450 e. The Morgan fingerprint density at radius 3 is 2.71 bits per heavy atom. The summed E-state index contributed by atoms with van der Waals surface area (Å²) < 4.78 is 10.4. The molecular formula is C8H13NO5. The van der Waals surface area contributed by atoms with Gasteiger partial charge < -0.3 is 24.8 Å². The second-order valence-corrected chi connectivity index (χ2v) is 3.46. The Kier molecular flexibility index (Phi) is 2.44. The van der Waals surface area contributed by atoms with E-state index in [0.717, 1.165) is 0 Å². The van der Waals surface area contributed by atoms with E-state index in [2.05, 4.69) is 4.99 Å². The van der Waals surface area contributed by atoms with Crippen molar-refractivity contribution >= 4 is 5.90 Å². The second-order valence-electron chi connectivity index (χ2n) is 3.46. The van der Waals surface area contributed by atoms with Crippen LogP contribution in [0.2, 0.25) is 0 Å². The van der Waals surface area contributed by atoms with Gasteiger partial charge in [-0.3, -0.25) is 0 Å². The van der Waals surface area contributed by atoms with Crippen molar-refractivity contribution in [3.05, 3.63) is 0 Å². The Labute approximate surface area is 80.8 Å². The molecule has 0 bridgehead atoms. The fourth-order valence-electron chi connectivity index (χ4n) is 1.71. The highest BCUT2D eigenvalue weighted by molar-refractivity contribution is 5.75. The van der Waals surface area contributed by atoms with Crippen LogP contribution in [0.15, 0.2) is 4.99 Å². The van der Waals surface area contributed by atoms with E-state index in [1.54, 1.807) is 6.92 Å². The topological polar surface area (TPSA) is 91.5 Å². The van der Waals surface area contributed by atoms with E-state index in [0.29, 0.717) is 5.90 Å². The fourth-order valence-corrected chi connectivity index (χ4v) is 1.71. The first kappa shape index (κ1) is 9.85. The van der Waals surface area contributed by atoms with E-state index in [4.69, 9.17) is 14.6 Å². The van der Waals surface area contributed by atoms with Gasteiger partial charge in [-0.15, -0.1) is 0 Å². The molecule has 2 aliphatic heterocycles. The van der Waals surface area contributed by atoms with Crippen LogP contribution in [0.5, 0.6) is 0 Å². The summed E-state index contributed by atoms with van der Waals surface area (Å²) in [5.74, 6) is 0.421. The Morgan fingerprint density at radius 2 is 2.07 bits per heavy atom. The Balaban J connectivity index is 2.14. The first-order valence-electron chi connectivity index (χ1n) is 4.47. The lowest BCUT2D eigenvalue weighted by molar-refractivity contribution is -0.234. The molecule has 6 nitrogen and oxygen atoms in total. The lowest BCUT2D eigenvalue weighted by Gasteiger charge is -2.36. The van der Waals surface area contributed by atoms with Gasteiger partial charge in [0.15, 0.2) is 5.90 Å². The first-order valence-corrected chi connectivity index (χ1v) is 4.47. The highest BCUT2D eigenvalue weighted by Crippen LogP contribution is 2.28. The van der Waals surface area contributed by atoms with Crippen molar-refractivity contribution in [2.24, 2.45) is 4.99 Å². The summed E-state index contributed by atoms with van der Waals surface area (Å²) in [5, 5.41) is 28.0. The molecule has 4 unspecified atom stereocenters. The Morgan fingerprint density at radius 1 is 1.36 bits per heavy atom. The van der Waals surface area contributed by atoms with Gasteiger partial charge in [-0.05, 0) is 0 Å². The van der Waals surface area contributed by atoms with Crippen molar-refractivity contribution in [1.82, 2.24) is 0 Å². The summed E-state index contributed by atoms with van der Waals surface area (Å²) in [5.41, 5.74) is 0. The molecule has 0 aromatic rings. The van der Waals surface area contributed by atoms with Crippen molar-refractivity contribution in [3.8, 4) is 0 Å². The quantitative estimate of drug-likeness (QED) is 0.469. The van der Waals surface area contributed by atoms with Gasteiger partial charge in [-0.2, -0.15) is 0 Å². The molecule has 0 spiro atoms. The van der Waals surface area contributed by atoms with E-state index in [1.165, 1.54) is 0 Å². The third-order valence-electron chi connectivity index (χ3n) is 2.47. The molecule has 0 saturated carbocycles. The lowest BCUT2D eigenvalue weighted by Crippen LogP contribution is -2.56. The lowest BCUT2D eigenvalue weighted by atomic mass is 9.98. The highest BCUT2D eigenvalue weighted by atomic mass is 16.7. The smallest absolute Gasteiger partial charge is 0.227 e. The van der Waals surface area contributed by atoms with Gasteiger partial charge in [-0.25, -0.2) is 4.99 Å². The van der Waals surface area contributed by atoms with Crippen LogP contribution < -0.4 is 0 Å². The fraction of sp³-hybridized carbons (Fsp3) is 0.875. The molecule has 1 fully saturated rings. The molecule has 0 radical (unpaired) electrons. The van der Waals surface area contributed by atoms with Crippen molar-refractivity contribution in [1.29, 1.82) is 0 Å². The average molecular weight is 203 g/mol. The standard InChI is InChI=1S/C8H13NO5/c1-3-9-5-7(12)6(11)4(2-10)14-8(5)13-3/h4-8,10-12H,2H2,1H3/t4?,5?,6-,7?,8?/m1/s1. The van der Waals surface area contributed by atoms with Gasteiger partial charge in [0.1, 0.15) is 24.4 Å². The number of aliphatic hydroxyl groups excluding tert-OH is 3. The maximum atomic E-state index is 9.64. The summed E-state index contributed by atoms with van der Waals surface area (Å²) >= 11 is 0. The minimum atomic E-state index is -1.13. The average Bonchev–Trinajstić information content (AvgIpc) is 2.52. The zero-order valence-corrected chi connectivity index (χ0v) is 7.70. The maximum Gasteiger partial charge on any atom is 0.227 e. The molecule has 14 heavy (non-hydrogen) atoms. The van der Waals surface area contributed by atoms with Crippen LogP contribution in [0.25, 0.3) is 0 Å². The monoisotopic (exact) mass is 203 g/mol. The van der Waals surface area contributed by atoms with E-state index in [1.807, 2.05) is 0 Å². The molecule has 0 aliphatic carbocycles. The van der Waals surface area contributed by atoms with Gasteiger partial charge in [-0.1, -0.05) is 0 Å². The molecular weight excluding hydrogens is 190 g/mol. The number of hydrogen-bond acceptors (Lipinski definition) is 6. The van der Waals surface area contributed by atoms with Crippen LogP contribution in [0.3, 0.4) is 0 Å². The van der Waals surface area contributed by atoms with E-state index < -0.39 is 30.6 Å². The molecule has 0 amide bonds. The van der Waals surface area contributed by atoms with Crippen molar-refractivity contribution in [3.63, 3.8) is 0 Å². The van der Waals surface area contributed by atoms with Gasteiger partial charge in [0.05, 0.1) is 6.61 Å². The summed E-state index contributed by atoms with van der Waals surface area (Å²) in [4.78, 5) is 3.99. The summed E-state index contributed by atoms with van der Waals surface area (Å²) in [7, 11) is 0. The predicted octanol–water partition coefficient (Wildman–Crippen LogP) is -1.76. The molecule has 2 aliphatic rings. The second kappa shape index (κ2) is 3.47. The SMILES string of the molecule is CC1=NC2C(O1)OC(CO)[C@@H](O)C2O. The molecule has 2 heterocycles. The first-order chi connectivity index (χ1) is 6.63. The number of rotatable bonds is 1. The number of fused-ring (bicyclic) bond motifs is 1. The minimum Gasteiger partial charge on any atom is -0.450 e. The number of aliphatic hydroxyl groups is 3. The van der Waals surface area contributed by atoms with Crippen LogP contribution in [-0.2, 0) is 9.47 Å². The predicted molar refractivity (Wildman–Crippen MR) is 45.7 cm³/mol. The molecule has 0 aromatic heterocycles. The van der Waals surface area contributed by atoms with Gasteiger partial charge in [0.2, 0.25) is 6.29 Å². The zero-order chi connectivity index (χ0) is 10.3. The number of ether oxygens (including phenoxy) is 2. The zero-order valence-electron chi connectivity index (χ0n) is 7.70. The highest BCUT2D eigenvalue weighted by Gasteiger charge is 2.48. The Bertz CT molecular complexity index is 256. The van der Waals surface area contributed by atoms with Gasteiger partial charge >= 0.3 is 0 Å². The van der Waals surface area contributed by atoms with Crippen LogP contribution >= 0.6 is 0 Å². The van der Waals surface area contributed by atoms with E-state index in [-0.39, 0.29) is 6.61 Å². The molecule has 3 N–H and O–H groups in total. The molecule has 2 rings (SSSR count). The van der Waals surface area contributed by atoms with E-state index in [9.17, 15) is 10.2 Å². The van der Waals surface area contributed by atoms with Crippen LogP contribution in [-0.4, -0.2) is 58.5 Å². The van der Waals surface area contributed by atoms with Crippen molar-refractivity contribution < 1.29 is 24.8 Å². The third-order valence-corrected chi connectivity index (χ3v) is 2.47.